The maximum Gasteiger partial charge on any atom is 0.0743 e. The minimum absolute atomic E-state index is 0.390. The summed E-state index contributed by atoms with van der Waals surface area (Å²) in [5.41, 5.74) is 16.0. The van der Waals surface area contributed by atoms with Crippen molar-refractivity contribution in [2.45, 2.75) is 51.5 Å². The summed E-state index contributed by atoms with van der Waals surface area (Å²) in [5, 5.41) is 3.97. The molecule has 2 aliphatic heterocycles. The third-order valence-corrected chi connectivity index (χ3v) is 8.14. The summed E-state index contributed by atoms with van der Waals surface area (Å²) in [4.78, 5) is 11.6. The molecule has 4 rings (SSSR count). The highest BCUT2D eigenvalue weighted by Crippen LogP contribution is 2.30. The summed E-state index contributed by atoms with van der Waals surface area (Å²) in [6.07, 6.45) is 2.25. The molecule has 2 saturated heterocycles. The number of nitrogens with zero attached hydrogens (tertiary/aromatic N) is 4. The maximum absolute atomic E-state index is 6.72. The monoisotopic (exact) mass is 546 g/mol. The van der Waals surface area contributed by atoms with E-state index in [1.807, 2.05) is 36.4 Å². The van der Waals surface area contributed by atoms with Gasteiger partial charge in [0.2, 0.25) is 0 Å². The predicted molar refractivity (Wildman–Crippen MR) is 154 cm³/mol. The molecule has 6 nitrogen and oxygen atoms in total. The molecule has 4 N–H and O–H groups in total. The molecule has 0 radical (unpaired) electrons. The Kier molecular flexibility index (Phi) is 9.08. The number of halogens is 2. The summed E-state index contributed by atoms with van der Waals surface area (Å²) >= 11 is 17.6. The van der Waals surface area contributed by atoms with Gasteiger partial charge in [-0.1, -0.05) is 23.2 Å². The maximum atomic E-state index is 6.72. The number of thiocarbonyl (C=S) groups is 1. The molecule has 9 heteroatoms. The van der Waals surface area contributed by atoms with Crippen LogP contribution in [0.5, 0.6) is 0 Å². The van der Waals surface area contributed by atoms with Crippen molar-refractivity contribution in [1.82, 2.24) is 14.7 Å². The molecule has 0 spiro atoms. The van der Waals surface area contributed by atoms with Crippen molar-refractivity contribution < 1.29 is 0 Å². The van der Waals surface area contributed by atoms with Gasteiger partial charge >= 0.3 is 0 Å². The number of hydrogen-bond donors (Lipinski definition) is 2. The zero-order valence-corrected chi connectivity index (χ0v) is 23.4. The number of aliphatic imine (C=N–C) groups is 1. The number of hydrogen-bond acceptors (Lipinski definition) is 7. The standard InChI is InChI=1S/C27H36Cl2N6S/c1-27(2,31)35(24-8-10-34(17-24)15-20-11-22(30)3-5-25(20)28)14-19-7-9-33(13-19)16-21-12-23(32-18-36)4-6-26(21)29/h3-6,11-12,19,24H,7-10,13-17,30-31H2,1-2H3. The number of rotatable bonds is 9. The summed E-state index contributed by atoms with van der Waals surface area (Å²) < 4.78 is 0. The van der Waals surface area contributed by atoms with Gasteiger partial charge in [-0.3, -0.25) is 14.7 Å². The minimum Gasteiger partial charge on any atom is -0.399 e. The van der Waals surface area contributed by atoms with Gasteiger partial charge in [0.15, 0.2) is 0 Å². The first kappa shape index (κ1) is 27.5. The molecular formula is C27H36Cl2N6S. The largest absolute Gasteiger partial charge is 0.399 e. The van der Waals surface area contributed by atoms with E-state index in [-0.39, 0.29) is 5.66 Å². The van der Waals surface area contributed by atoms with E-state index in [1.165, 1.54) is 0 Å². The fourth-order valence-corrected chi connectivity index (χ4v) is 6.01. The van der Waals surface area contributed by atoms with Crippen LogP contribution in [0.4, 0.5) is 11.4 Å². The van der Waals surface area contributed by atoms with E-state index in [0.29, 0.717) is 12.0 Å². The Morgan fingerprint density at radius 1 is 1.03 bits per heavy atom. The van der Waals surface area contributed by atoms with Crippen molar-refractivity contribution in [3.8, 4) is 0 Å². The van der Waals surface area contributed by atoms with Crippen LogP contribution < -0.4 is 11.5 Å². The van der Waals surface area contributed by atoms with Crippen LogP contribution in [0, 0.1) is 5.92 Å². The summed E-state index contributed by atoms with van der Waals surface area (Å²) in [5.74, 6) is 0.561. The minimum atomic E-state index is -0.390. The van der Waals surface area contributed by atoms with Gasteiger partial charge in [0.1, 0.15) is 0 Å². The van der Waals surface area contributed by atoms with Crippen LogP contribution in [0.2, 0.25) is 10.0 Å². The Labute approximate surface area is 230 Å². The second-order valence-corrected chi connectivity index (χ2v) is 11.7. The highest BCUT2D eigenvalue weighted by atomic mass is 35.5. The second-order valence-electron chi connectivity index (χ2n) is 10.7. The lowest BCUT2D eigenvalue weighted by Gasteiger charge is -2.41. The molecule has 2 unspecified atom stereocenters. The van der Waals surface area contributed by atoms with Crippen molar-refractivity contribution in [3.05, 3.63) is 57.6 Å². The lowest BCUT2D eigenvalue weighted by Crippen LogP contribution is -2.58. The highest BCUT2D eigenvalue weighted by molar-refractivity contribution is 7.78. The van der Waals surface area contributed by atoms with Gasteiger partial charge in [-0.25, -0.2) is 0 Å². The van der Waals surface area contributed by atoms with Gasteiger partial charge in [0.05, 0.1) is 16.5 Å². The average Bonchev–Trinajstić information content (AvgIpc) is 3.45. The Balaban J connectivity index is 1.36. The van der Waals surface area contributed by atoms with Gasteiger partial charge in [-0.2, -0.15) is 4.99 Å². The Morgan fingerprint density at radius 3 is 2.36 bits per heavy atom. The van der Waals surface area contributed by atoms with Gasteiger partial charge in [0.25, 0.3) is 0 Å². The normalized spacial score (nSPS) is 21.3. The molecule has 0 aromatic heterocycles. The number of anilines is 1. The zero-order chi connectivity index (χ0) is 25.9. The van der Waals surface area contributed by atoms with E-state index in [1.54, 1.807) is 0 Å². The fourth-order valence-electron chi connectivity index (χ4n) is 5.55. The number of nitrogens with two attached hydrogens (primary N) is 2. The third-order valence-electron chi connectivity index (χ3n) is 7.32. The van der Waals surface area contributed by atoms with Crippen LogP contribution in [0.3, 0.4) is 0 Å². The van der Waals surface area contributed by atoms with Crippen molar-refractivity contribution in [1.29, 1.82) is 0 Å². The summed E-state index contributed by atoms with van der Waals surface area (Å²) in [7, 11) is 0. The van der Waals surface area contributed by atoms with Crippen LogP contribution in [-0.2, 0) is 13.1 Å². The van der Waals surface area contributed by atoms with Gasteiger partial charge in [-0.05, 0) is 98.9 Å². The predicted octanol–water partition coefficient (Wildman–Crippen LogP) is 5.40. The van der Waals surface area contributed by atoms with Crippen molar-refractivity contribution in [2.75, 3.05) is 38.5 Å². The average molecular weight is 548 g/mol. The Morgan fingerprint density at radius 2 is 1.67 bits per heavy atom. The van der Waals surface area contributed by atoms with E-state index < -0.39 is 0 Å². The highest BCUT2D eigenvalue weighted by Gasteiger charge is 2.37. The quantitative estimate of drug-likeness (QED) is 0.190. The van der Waals surface area contributed by atoms with E-state index in [0.717, 1.165) is 91.2 Å². The van der Waals surface area contributed by atoms with Crippen LogP contribution in [0.15, 0.2) is 41.4 Å². The molecule has 194 valence electrons. The topological polar surface area (TPSA) is 74.1 Å². The van der Waals surface area contributed by atoms with Crippen LogP contribution >= 0.6 is 35.4 Å². The first-order valence-electron chi connectivity index (χ1n) is 12.5. The molecular weight excluding hydrogens is 511 g/mol. The molecule has 0 bridgehead atoms. The lowest BCUT2D eigenvalue weighted by atomic mass is 10.0. The van der Waals surface area contributed by atoms with E-state index in [2.05, 4.69) is 38.7 Å². The van der Waals surface area contributed by atoms with Crippen molar-refractivity contribution >= 4 is 52.0 Å². The fraction of sp³-hybridized carbons (Fsp3) is 0.519. The number of isothiocyanates is 1. The Bertz CT molecular complexity index is 1110. The Hall–Kier alpha value is -1.54. The van der Waals surface area contributed by atoms with E-state index in [4.69, 9.17) is 46.9 Å². The van der Waals surface area contributed by atoms with Crippen LogP contribution in [0.1, 0.15) is 37.8 Å². The first-order valence-corrected chi connectivity index (χ1v) is 13.7. The van der Waals surface area contributed by atoms with Crippen LogP contribution in [0.25, 0.3) is 0 Å². The molecule has 2 heterocycles. The van der Waals surface area contributed by atoms with E-state index >= 15 is 0 Å². The number of likely N-dealkylation sites (tertiary alicyclic amines) is 2. The molecule has 2 atom stereocenters. The molecule has 2 aliphatic rings. The molecule has 0 amide bonds. The van der Waals surface area contributed by atoms with Crippen molar-refractivity contribution in [2.24, 2.45) is 16.6 Å². The number of nitrogen functional groups attached to an aromatic ring is 1. The SMILES string of the molecule is CC(C)(N)N(CC1CCN(Cc2cc(N=C=S)ccc2Cl)C1)C1CCN(Cc2cc(N)ccc2Cl)C1. The van der Waals surface area contributed by atoms with Crippen LogP contribution in [-0.4, -0.2) is 64.3 Å². The van der Waals surface area contributed by atoms with Crippen molar-refractivity contribution in [3.63, 3.8) is 0 Å². The molecule has 2 aromatic carbocycles. The summed E-state index contributed by atoms with van der Waals surface area (Å²) in [6, 6.07) is 11.9. The molecule has 0 aliphatic carbocycles. The first-order chi connectivity index (χ1) is 17.1. The lowest BCUT2D eigenvalue weighted by molar-refractivity contribution is 0.0578. The second kappa shape index (κ2) is 11.9. The smallest absolute Gasteiger partial charge is 0.0743 e. The number of benzene rings is 2. The van der Waals surface area contributed by atoms with Gasteiger partial charge in [0, 0.05) is 61.0 Å². The van der Waals surface area contributed by atoms with Gasteiger partial charge < -0.3 is 11.5 Å². The van der Waals surface area contributed by atoms with E-state index in [9.17, 15) is 0 Å². The molecule has 2 aromatic rings. The molecule has 36 heavy (non-hydrogen) atoms. The molecule has 0 saturated carbocycles. The zero-order valence-electron chi connectivity index (χ0n) is 21.1. The third kappa shape index (κ3) is 7.06. The summed E-state index contributed by atoms with van der Waals surface area (Å²) in [6.45, 7) is 10.9. The molecule has 2 fully saturated rings. The van der Waals surface area contributed by atoms with Gasteiger partial charge in [-0.15, -0.1) is 0 Å².